The number of pyridine rings is 1. The summed E-state index contributed by atoms with van der Waals surface area (Å²) in [4.78, 5) is 26.4. The first kappa shape index (κ1) is 11.5. The fraction of sp³-hybridized carbons (Fsp3) is 0.400. The third-order valence-corrected chi connectivity index (χ3v) is 2.69. The highest BCUT2D eigenvalue weighted by Gasteiger charge is 2.23. The third-order valence-electron chi connectivity index (χ3n) is 2.69. The molecule has 1 aliphatic heterocycles. The molecule has 1 aromatic rings. The first-order valence-electron chi connectivity index (χ1n) is 5.30. The Morgan fingerprint density at radius 2 is 2.41 bits per heavy atom. The number of nitrogens with one attached hydrogen (secondary N) is 1. The number of aromatic nitrogens is 1. The Kier molecular flexibility index (Phi) is 3.29. The number of hydrogen-bond donors (Lipinski definition) is 1. The minimum atomic E-state index is -0.518. The molecule has 7 nitrogen and oxygen atoms in total. The molecule has 1 fully saturated rings. The van der Waals surface area contributed by atoms with Gasteiger partial charge in [0.2, 0.25) is 6.41 Å². The van der Waals surface area contributed by atoms with Gasteiger partial charge in [-0.25, -0.2) is 4.98 Å². The van der Waals surface area contributed by atoms with Gasteiger partial charge in [0.05, 0.1) is 11.1 Å². The smallest absolute Gasteiger partial charge is 0.287 e. The lowest BCUT2D eigenvalue weighted by atomic mass is 10.3. The van der Waals surface area contributed by atoms with Gasteiger partial charge in [0.15, 0.2) is 0 Å². The second-order valence-corrected chi connectivity index (χ2v) is 3.76. The summed E-state index contributed by atoms with van der Waals surface area (Å²) in [6.45, 7) is 0.863. The summed E-state index contributed by atoms with van der Waals surface area (Å²) in [5.74, 6) is 0.421. The van der Waals surface area contributed by atoms with Gasteiger partial charge in [-0.2, -0.15) is 0 Å². The van der Waals surface area contributed by atoms with Gasteiger partial charge in [0, 0.05) is 6.07 Å². The summed E-state index contributed by atoms with van der Waals surface area (Å²) < 4.78 is 0. The lowest BCUT2D eigenvalue weighted by Crippen LogP contribution is -2.41. The van der Waals surface area contributed by atoms with Crippen LogP contribution in [0.25, 0.3) is 0 Å². The molecule has 7 heteroatoms. The van der Waals surface area contributed by atoms with Crippen molar-refractivity contribution in [1.82, 2.24) is 10.3 Å². The minimum absolute atomic E-state index is 0.0681. The van der Waals surface area contributed by atoms with Crippen molar-refractivity contribution in [2.45, 2.75) is 19.0 Å². The maximum atomic E-state index is 11.0. The number of rotatable bonds is 4. The molecule has 2 rings (SSSR count). The average Bonchev–Trinajstić information content (AvgIpc) is 2.84. The highest BCUT2D eigenvalue weighted by Crippen LogP contribution is 2.19. The zero-order valence-electron chi connectivity index (χ0n) is 9.07. The van der Waals surface area contributed by atoms with Crippen LogP contribution in [0.2, 0.25) is 0 Å². The van der Waals surface area contributed by atoms with E-state index in [1.807, 2.05) is 0 Å². The molecule has 0 spiro atoms. The monoisotopic (exact) mass is 236 g/mol. The summed E-state index contributed by atoms with van der Waals surface area (Å²) in [5, 5.41) is 13.6. The summed E-state index contributed by atoms with van der Waals surface area (Å²) in [7, 11) is 0. The van der Waals surface area contributed by atoms with Gasteiger partial charge in [-0.15, -0.1) is 0 Å². The first-order chi connectivity index (χ1) is 8.22. The molecule has 1 N–H and O–H groups in total. The highest BCUT2D eigenvalue weighted by atomic mass is 16.6. The Labute approximate surface area is 97.6 Å². The van der Waals surface area contributed by atoms with Gasteiger partial charge >= 0.3 is 0 Å². The quantitative estimate of drug-likeness (QED) is 0.471. The standard InChI is InChI=1S/C10H12N4O3/c15-7-13(9-2-1-5-11-9)10-4-3-8(6-12-10)14(16)17/h3-4,6-7,9,11H,1-2,5H2. The van der Waals surface area contributed by atoms with E-state index in [0.29, 0.717) is 12.2 Å². The van der Waals surface area contributed by atoms with Crippen molar-refractivity contribution in [3.05, 3.63) is 28.4 Å². The molecule has 0 aliphatic carbocycles. The normalized spacial score (nSPS) is 18.9. The van der Waals surface area contributed by atoms with E-state index >= 15 is 0 Å². The van der Waals surface area contributed by atoms with Crippen LogP contribution >= 0.6 is 0 Å². The predicted octanol–water partition coefficient (Wildman–Crippen LogP) is 0.662. The molecule has 0 aromatic carbocycles. The molecule has 0 saturated carbocycles. The van der Waals surface area contributed by atoms with Crippen LogP contribution in [-0.2, 0) is 4.79 Å². The molecule has 1 aromatic heterocycles. The Bertz CT molecular complexity index is 414. The topological polar surface area (TPSA) is 88.4 Å². The second kappa shape index (κ2) is 4.88. The van der Waals surface area contributed by atoms with E-state index in [4.69, 9.17) is 0 Å². The fourth-order valence-corrected chi connectivity index (χ4v) is 1.83. The zero-order chi connectivity index (χ0) is 12.3. The third kappa shape index (κ3) is 2.39. The van der Waals surface area contributed by atoms with E-state index < -0.39 is 4.92 Å². The summed E-state index contributed by atoms with van der Waals surface area (Å²) in [6.07, 6.45) is 3.64. The molecule has 1 unspecified atom stereocenters. The van der Waals surface area contributed by atoms with E-state index in [0.717, 1.165) is 25.6 Å². The van der Waals surface area contributed by atoms with E-state index in [2.05, 4.69) is 10.3 Å². The number of nitro groups is 1. The fourth-order valence-electron chi connectivity index (χ4n) is 1.83. The molecule has 17 heavy (non-hydrogen) atoms. The molecule has 2 heterocycles. The van der Waals surface area contributed by atoms with Crippen molar-refractivity contribution in [3.8, 4) is 0 Å². The number of amides is 1. The van der Waals surface area contributed by atoms with E-state index in [1.54, 1.807) is 0 Å². The molecular weight excluding hydrogens is 224 g/mol. The van der Waals surface area contributed by atoms with Gasteiger partial charge in [-0.1, -0.05) is 0 Å². The van der Waals surface area contributed by atoms with Gasteiger partial charge in [-0.3, -0.25) is 25.1 Å². The Hall–Kier alpha value is -2.02. The second-order valence-electron chi connectivity index (χ2n) is 3.76. The number of carbonyl (C=O) groups excluding carboxylic acids is 1. The van der Waals surface area contributed by atoms with Crippen LogP contribution in [0.3, 0.4) is 0 Å². The Morgan fingerprint density at radius 3 is 2.88 bits per heavy atom. The van der Waals surface area contributed by atoms with Gasteiger partial charge < -0.3 is 0 Å². The van der Waals surface area contributed by atoms with Crippen LogP contribution in [0, 0.1) is 10.1 Å². The van der Waals surface area contributed by atoms with Crippen LogP contribution in [0.5, 0.6) is 0 Å². The SMILES string of the molecule is O=CN(c1ccc([N+](=O)[O-])cn1)C1CCCN1. The molecule has 0 radical (unpaired) electrons. The molecule has 1 amide bonds. The van der Waals surface area contributed by atoms with Crippen molar-refractivity contribution in [2.24, 2.45) is 0 Å². The Morgan fingerprint density at radius 1 is 1.59 bits per heavy atom. The van der Waals surface area contributed by atoms with Gasteiger partial charge in [-0.05, 0) is 25.5 Å². The van der Waals surface area contributed by atoms with E-state index in [-0.39, 0.29) is 11.9 Å². The van der Waals surface area contributed by atoms with Crippen LogP contribution in [0.4, 0.5) is 11.5 Å². The lowest BCUT2D eigenvalue weighted by molar-refractivity contribution is -0.385. The van der Waals surface area contributed by atoms with Crippen LogP contribution < -0.4 is 10.2 Å². The van der Waals surface area contributed by atoms with Crippen molar-refractivity contribution in [1.29, 1.82) is 0 Å². The minimum Gasteiger partial charge on any atom is -0.297 e. The zero-order valence-corrected chi connectivity index (χ0v) is 9.07. The van der Waals surface area contributed by atoms with Crippen molar-refractivity contribution in [2.75, 3.05) is 11.4 Å². The van der Waals surface area contributed by atoms with Crippen LogP contribution in [-0.4, -0.2) is 29.0 Å². The summed E-state index contributed by atoms with van der Waals surface area (Å²) in [5.41, 5.74) is -0.0843. The van der Waals surface area contributed by atoms with Gasteiger partial charge in [0.1, 0.15) is 12.0 Å². The number of carbonyl (C=O) groups is 1. The molecular formula is C10H12N4O3. The molecule has 1 atom stereocenters. The molecule has 1 aliphatic rings. The van der Waals surface area contributed by atoms with Crippen molar-refractivity contribution in [3.63, 3.8) is 0 Å². The highest BCUT2D eigenvalue weighted by molar-refractivity contribution is 5.73. The maximum absolute atomic E-state index is 11.0. The number of nitrogens with zero attached hydrogens (tertiary/aromatic N) is 3. The maximum Gasteiger partial charge on any atom is 0.287 e. The van der Waals surface area contributed by atoms with Crippen LogP contribution in [0.1, 0.15) is 12.8 Å². The Balaban J connectivity index is 2.19. The lowest BCUT2D eigenvalue weighted by Gasteiger charge is -2.23. The summed E-state index contributed by atoms with van der Waals surface area (Å²) in [6, 6.07) is 2.82. The first-order valence-corrected chi connectivity index (χ1v) is 5.30. The van der Waals surface area contributed by atoms with E-state index in [9.17, 15) is 14.9 Å². The summed E-state index contributed by atoms with van der Waals surface area (Å²) >= 11 is 0. The number of anilines is 1. The molecule has 0 bridgehead atoms. The van der Waals surface area contributed by atoms with Crippen LogP contribution in [0.15, 0.2) is 18.3 Å². The van der Waals surface area contributed by atoms with Crippen molar-refractivity contribution < 1.29 is 9.72 Å². The number of hydrogen-bond acceptors (Lipinski definition) is 5. The molecule has 1 saturated heterocycles. The average molecular weight is 236 g/mol. The largest absolute Gasteiger partial charge is 0.297 e. The van der Waals surface area contributed by atoms with Crippen molar-refractivity contribution >= 4 is 17.9 Å². The predicted molar refractivity (Wildman–Crippen MR) is 60.5 cm³/mol. The van der Waals surface area contributed by atoms with Gasteiger partial charge in [0.25, 0.3) is 5.69 Å². The molecule has 90 valence electrons. The van der Waals surface area contributed by atoms with E-state index in [1.165, 1.54) is 17.0 Å².